The lowest BCUT2D eigenvalue weighted by atomic mass is 9.99. The second-order valence-electron chi connectivity index (χ2n) is 11.7. The molecule has 2 nitrogen and oxygen atoms in total. The van der Waals surface area contributed by atoms with Crippen molar-refractivity contribution in [3.63, 3.8) is 0 Å². The molecule has 0 bridgehead atoms. The molecule has 0 radical (unpaired) electrons. The van der Waals surface area contributed by atoms with Crippen LogP contribution < -0.4 is 9.47 Å². The van der Waals surface area contributed by atoms with Crippen LogP contribution in [0.4, 0.5) is 0 Å². The van der Waals surface area contributed by atoms with Gasteiger partial charge in [0.2, 0.25) is 0 Å². The minimum absolute atomic E-state index is 0.757. The Kier molecular flexibility index (Phi) is 13.0. The molecule has 216 valence electrons. The van der Waals surface area contributed by atoms with E-state index >= 15 is 0 Å². The molecule has 0 spiro atoms. The molecule has 0 unspecified atom stereocenters. The Morgan fingerprint density at radius 1 is 0.375 bits per heavy atom. The highest BCUT2D eigenvalue weighted by Gasteiger charge is 2.10. The van der Waals surface area contributed by atoms with Crippen LogP contribution in [0.25, 0.3) is 32.3 Å². The van der Waals surface area contributed by atoms with E-state index in [0.717, 1.165) is 37.6 Å². The maximum Gasteiger partial charge on any atom is 0.161 e. The zero-order valence-electron chi connectivity index (χ0n) is 25.3. The largest absolute Gasteiger partial charge is 0.490 e. The molecule has 4 aromatic carbocycles. The first-order valence-corrected chi connectivity index (χ1v) is 16.4. The zero-order chi connectivity index (χ0) is 27.8. The Morgan fingerprint density at radius 2 is 0.700 bits per heavy atom. The summed E-state index contributed by atoms with van der Waals surface area (Å²) in [5.74, 6) is 1.80. The minimum atomic E-state index is 0.757. The van der Waals surface area contributed by atoms with Crippen LogP contribution in [-0.2, 0) is 0 Å². The van der Waals surface area contributed by atoms with Crippen molar-refractivity contribution in [2.45, 2.75) is 117 Å². The maximum absolute atomic E-state index is 6.38. The first kappa shape index (κ1) is 30.2. The van der Waals surface area contributed by atoms with Crippen molar-refractivity contribution in [1.82, 2.24) is 0 Å². The molecule has 0 saturated heterocycles. The summed E-state index contributed by atoms with van der Waals surface area (Å²) >= 11 is 0. The summed E-state index contributed by atoms with van der Waals surface area (Å²) in [6.45, 7) is 6.07. The molecule has 0 aliphatic rings. The molecule has 0 atom stereocenters. The van der Waals surface area contributed by atoms with Crippen LogP contribution in [0.3, 0.4) is 0 Å². The molecule has 0 fully saturated rings. The van der Waals surface area contributed by atoms with E-state index in [2.05, 4.69) is 74.5 Å². The fourth-order valence-electron chi connectivity index (χ4n) is 5.76. The van der Waals surface area contributed by atoms with Gasteiger partial charge in [0.05, 0.1) is 13.2 Å². The van der Waals surface area contributed by atoms with Gasteiger partial charge in [-0.2, -0.15) is 0 Å². The molecule has 0 aliphatic carbocycles. The quantitative estimate of drug-likeness (QED) is 0.0819. The third-order valence-corrected chi connectivity index (χ3v) is 8.23. The van der Waals surface area contributed by atoms with Gasteiger partial charge in [-0.25, -0.2) is 0 Å². The smallest absolute Gasteiger partial charge is 0.161 e. The van der Waals surface area contributed by atoms with Crippen molar-refractivity contribution in [2.75, 3.05) is 13.2 Å². The van der Waals surface area contributed by atoms with Crippen molar-refractivity contribution in [3.8, 4) is 11.5 Å². The van der Waals surface area contributed by atoms with Gasteiger partial charge >= 0.3 is 0 Å². The van der Waals surface area contributed by atoms with Crippen LogP contribution in [-0.4, -0.2) is 13.2 Å². The van der Waals surface area contributed by atoms with E-state index in [9.17, 15) is 0 Å². The number of unbranched alkanes of at least 4 members (excludes halogenated alkanes) is 14. The van der Waals surface area contributed by atoms with E-state index in [4.69, 9.17) is 9.47 Å². The van der Waals surface area contributed by atoms with Crippen molar-refractivity contribution in [3.05, 3.63) is 60.7 Å². The van der Waals surface area contributed by atoms with Crippen LogP contribution >= 0.6 is 0 Å². The number of rotatable bonds is 20. The fourth-order valence-corrected chi connectivity index (χ4v) is 5.76. The van der Waals surface area contributed by atoms with Crippen LogP contribution in [0.15, 0.2) is 60.7 Å². The highest BCUT2D eigenvalue weighted by molar-refractivity contribution is 6.05. The van der Waals surface area contributed by atoms with Crippen LogP contribution in [0.5, 0.6) is 11.5 Å². The first-order chi connectivity index (χ1) is 19.8. The van der Waals surface area contributed by atoms with E-state index in [1.54, 1.807) is 0 Å². The third kappa shape index (κ3) is 9.43. The van der Waals surface area contributed by atoms with E-state index in [1.165, 1.54) is 122 Å². The third-order valence-electron chi connectivity index (χ3n) is 8.23. The summed E-state index contributed by atoms with van der Waals surface area (Å²) in [6, 6.07) is 22.3. The second kappa shape index (κ2) is 17.2. The summed E-state index contributed by atoms with van der Waals surface area (Å²) in [4.78, 5) is 0. The Hall–Kier alpha value is -2.74. The summed E-state index contributed by atoms with van der Waals surface area (Å²) in [6.07, 6.45) is 20.9. The van der Waals surface area contributed by atoms with Gasteiger partial charge in [0.1, 0.15) is 0 Å². The molecule has 0 saturated carbocycles. The molecule has 4 rings (SSSR count). The standard InChI is InChI=1S/C38H52O2/c1-3-5-7-9-11-13-15-19-23-39-37-29-35-27-33-25-31-21-17-18-22-32(31)26-34(33)28-36(35)30-38(37)40-24-20-16-14-12-10-8-6-4-2/h17-18,21-22,25-30H,3-16,19-20,23-24H2,1-2H3. The van der Waals surface area contributed by atoms with Gasteiger partial charge in [0.25, 0.3) is 0 Å². The molecule has 0 aliphatic heterocycles. The Morgan fingerprint density at radius 3 is 1.10 bits per heavy atom. The molecular weight excluding hydrogens is 488 g/mol. The highest BCUT2D eigenvalue weighted by Crippen LogP contribution is 2.36. The Labute approximate surface area is 243 Å². The van der Waals surface area contributed by atoms with Crippen molar-refractivity contribution >= 4 is 32.3 Å². The minimum Gasteiger partial charge on any atom is -0.490 e. The lowest BCUT2D eigenvalue weighted by molar-refractivity contribution is 0.259. The normalized spacial score (nSPS) is 11.6. The second-order valence-corrected chi connectivity index (χ2v) is 11.7. The van der Waals surface area contributed by atoms with Crippen LogP contribution in [0, 0.1) is 0 Å². The molecule has 2 heteroatoms. The summed E-state index contributed by atoms with van der Waals surface area (Å²) in [5.41, 5.74) is 0. The molecule has 0 amide bonds. The van der Waals surface area contributed by atoms with Gasteiger partial charge in [-0.15, -0.1) is 0 Å². The molecule has 0 heterocycles. The van der Waals surface area contributed by atoms with Crippen molar-refractivity contribution in [1.29, 1.82) is 0 Å². The average molecular weight is 541 g/mol. The number of ether oxygens (including phenoxy) is 2. The SMILES string of the molecule is CCCCCCCCCCOc1cc2cc3cc4ccccc4cc3cc2cc1OCCCCCCCCCC. The zero-order valence-corrected chi connectivity index (χ0v) is 25.3. The first-order valence-electron chi connectivity index (χ1n) is 16.4. The molecule has 0 aromatic heterocycles. The lowest BCUT2D eigenvalue weighted by Crippen LogP contribution is -2.03. The number of benzene rings is 4. The summed E-state index contributed by atoms with van der Waals surface area (Å²) in [5, 5.41) is 7.54. The fraction of sp³-hybridized carbons (Fsp3) is 0.526. The molecule has 0 N–H and O–H groups in total. The van der Waals surface area contributed by atoms with Gasteiger partial charge < -0.3 is 9.47 Å². The predicted octanol–water partition coefficient (Wildman–Crippen LogP) is 12.2. The number of hydrogen-bond donors (Lipinski definition) is 0. The summed E-state index contributed by atoms with van der Waals surface area (Å²) in [7, 11) is 0. The number of hydrogen-bond acceptors (Lipinski definition) is 2. The molecular formula is C38H52O2. The van der Waals surface area contributed by atoms with Crippen molar-refractivity contribution < 1.29 is 9.47 Å². The van der Waals surface area contributed by atoms with Gasteiger partial charge in [-0.1, -0.05) is 128 Å². The topological polar surface area (TPSA) is 18.5 Å². The van der Waals surface area contributed by atoms with E-state index in [0.29, 0.717) is 0 Å². The lowest BCUT2D eigenvalue weighted by Gasteiger charge is -2.15. The van der Waals surface area contributed by atoms with Gasteiger partial charge in [-0.05, 0) is 81.6 Å². The average Bonchev–Trinajstić information content (AvgIpc) is 2.97. The highest BCUT2D eigenvalue weighted by atomic mass is 16.5. The Balaban J connectivity index is 1.40. The number of fused-ring (bicyclic) bond motifs is 3. The summed E-state index contributed by atoms with van der Waals surface area (Å²) < 4.78 is 12.8. The van der Waals surface area contributed by atoms with E-state index in [1.807, 2.05) is 0 Å². The van der Waals surface area contributed by atoms with Crippen LogP contribution in [0.2, 0.25) is 0 Å². The Bertz CT molecular complexity index is 1190. The molecule has 4 aromatic rings. The maximum atomic E-state index is 6.38. The van der Waals surface area contributed by atoms with Gasteiger partial charge in [0, 0.05) is 0 Å². The van der Waals surface area contributed by atoms with E-state index < -0.39 is 0 Å². The van der Waals surface area contributed by atoms with E-state index in [-0.39, 0.29) is 0 Å². The van der Waals surface area contributed by atoms with Crippen LogP contribution in [0.1, 0.15) is 117 Å². The van der Waals surface area contributed by atoms with Gasteiger partial charge in [-0.3, -0.25) is 0 Å². The van der Waals surface area contributed by atoms with Gasteiger partial charge in [0.15, 0.2) is 11.5 Å². The molecule has 40 heavy (non-hydrogen) atoms. The predicted molar refractivity (Wildman–Crippen MR) is 175 cm³/mol. The van der Waals surface area contributed by atoms with Crippen molar-refractivity contribution in [2.24, 2.45) is 0 Å². The monoisotopic (exact) mass is 540 g/mol.